The van der Waals surface area contributed by atoms with E-state index < -0.39 is 15.6 Å². The first-order chi connectivity index (χ1) is 15.7. The Balaban J connectivity index is 1.53. The van der Waals surface area contributed by atoms with Crippen LogP contribution in [0.15, 0.2) is 41.7 Å². The van der Waals surface area contributed by atoms with E-state index in [1.54, 1.807) is 41.8 Å². The second kappa shape index (κ2) is 8.87. The molecule has 33 heavy (non-hydrogen) atoms. The molecule has 1 aromatic heterocycles. The summed E-state index contributed by atoms with van der Waals surface area (Å²) in [6.07, 6.45) is 6.69. The Hall–Kier alpha value is -2.78. The van der Waals surface area contributed by atoms with Gasteiger partial charge < -0.3 is 5.32 Å². The van der Waals surface area contributed by atoms with E-state index in [0.29, 0.717) is 18.7 Å². The fraction of sp³-hybridized carbons (Fsp3) is 0.458. The lowest BCUT2D eigenvalue weighted by Gasteiger charge is -2.33. The summed E-state index contributed by atoms with van der Waals surface area (Å²) in [6.45, 7) is 6.77. The lowest BCUT2D eigenvalue weighted by Crippen LogP contribution is -2.43. The van der Waals surface area contributed by atoms with Gasteiger partial charge in [0.15, 0.2) is 0 Å². The molecule has 0 unspecified atom stereocenters. The van der Waals surface area contributed by atoms with Crippen LogP contribution in [0.25, 0.3) is 0 Å². The third kappa shape index (κ3) is 4.39. The summed E-state index contributed by atoms with van der Waals surface area (Å²) in [5.74, 6) is 0.0817. The molecule has 0 bridgehead atoms. The summed E-state index contributed by atoms with van der Waals surface area (Å²) in [4.78, 5) is 23.6. The van der Waals surface area contributed by atoms with Crippen molar-refractivity contribution in [1.82, 2.24) is 9.29 Å². The van der Waals surface area contributed by atoms with Crippen molar-refractivity contribution >= 4 is 33.5 Å². The molecule has 0 aliphatic carbocycles. The van der Waals surface area contributed by atoms with Gasteiger partial charge >= 0.3 is 0 Å². The molecule has 2 aromatic rings. The van der Waals surface area contributed by atoms with Crippen molar-refractivity contribution in [2.75, 3.05) is 36.1 Å². The number of hydrogen-bond donors (Lipinski definition) is 1. The molecule has 1 N–H and O–H groups in total. The van der Waals surface area contributed by atoms with E-state index in [1.165, 1.54) is 0 Å². The molecule has 2 aliphatic heterocycles. The van der Waals surface area contributed by atoms with Crippen molar-refractivity contribution in [1.29, 1.82) is 0 Å². The average molecular weight is 470 g/mol. The summed E-state index contributed by atoms with van der Waals surface area (Å²) < 4.78 is 25.8. The normalized spacial score (nSPS) is 19.3. The molecule has 0 spiro atoms. The van der Waals surface area contributed by atoms with E-state index >= 15 is 0 Å². The standard InChI is InChI=1S/C24H31N5O3S/c1-5-33(31,32)28-10-8-18(9-11-28)27-19-13-20(16-26-15-19)29-23(30)21-7-6-17(14-25-4)12-22(21)24(29,2)3/h6-7,12-16,18,27H,5,8-11H2,1-4H3. The van der Waals surface area contributed by atoms with Crippen LogP contribution in [-0.2, 0) is 15.6 Å². The van der Waals surface area contributed by atoms with Crippen LogP contribution in [0.5, 0.6) is 0 Å². The Morgan fingerprint density at radius 3 is 2.61 bits per heavy atom. The quantitative estimate of drug-likeness (QED) is 0.656. The van der Waals surface area contributed by atoms with Crippen LogP contribution < -0.4 is 10.2 Å². The van der Waals surface area contributed by atoms with Crippen LogP contribution >= 0.6 is 0 Å². The molecule has 0 saturated carbocycles. The van der Waals surface area contributed by atoms with E-state index in [-0.39, 0.29) is 17.7 Å². The lowest BCUT2D eigenvalue weighted by molar-refractivity contribution is 0.0982. The topological polar surface area (TPSA) is 95.0 Å². The predicted octanol–water partition coefficient (Wildman–Crippen LogP) is 3.25. The van der Waals surface area contributed by atoms with Gasteiger partial charge in [-0.3, -0.25) is 19.7 Å². The Morgan fingerprint density at radius 1 is 1.21 bits per heavy atom. The molecular weight excluding hydrogens is 438 g/mol. The van der Waals surface area contributed by atoms with Gasteiger partial charge in [0, 0.05) is 38.0 Å². The van der Waals surface area contributed by atoms with Crippen molar-refractivity contribution in [2.45, 2.75) is 45.2 Å². The number of hydrogen-bond acceptors (Lipinski definition) is 6. The van der Waals surface area contributed by atoms with E-state index in [9.17, 15) is 13.2 Å². The first-order valence-corrected chi connectivity index (χ1v) is 12.9. The first kappa shape index (κ1) is 23.4. The van der Waals surface area contributed by atoms with Crippen molar-refractivity contribution in [3.8, 4) is 0 Å². The van der Waals surface area contributed by atoms with Gasteiger partial charge in [-0.2, -0.15) is 0 Å². The molecule has 8 nitrogen and oxygen atoms in total. The van der Waals surface area contributed by atoms with E-state index in [2.05, 4.69) is 15.3 Å². The zero-order valence-corrected chi connectivity index (χ0v) is 20.4. The van der Waals surface area contributed by atoms with Crippen molar-refractivity contribution in [2.24, 2.45) is 4.99 Å². The van der Waals surface area contributed by atoms with Gasteiger partial charge in [-0.05, 0) is 62.9 Å². The predicted molar refractivity (Wildman–Crippen MR) is 132 cm³/mol. The number of fused-ring (bicyclic) bond motifs is 1. The van der Waals surface area contributed by atoms with E-state index in [0.717, 1.165) is 35.3 Å². The van der Waals surface area contributed by atoms with Gasteiger partial charge in [0.1, 0.15) is 0 Å². The zero-order valence-electron chi connectivity index (χ0n) is 19.6. The fourth-order valence-electron chi connectivity index (χ4n) is 4.74. The van der Waals surface area contributed by atoms with Crippen molar-refractivity contribution in [3.63, 3.8) is 0 Å². The Kier molecular flexibility index (Phi) is 6.28. The van der Waals surface area contributed by atoms with Gasteiger partial charge in [-0.25, -0.2) is 12.7 Å². The molecule has 2 aliphatic rings. The number of aromatic nitrogens is 1. The van der Waals surface area contributed by atoms with Gasteiger partial charge in [0.2, 0.25) is 10.0 Å². The van der Waals surface area contributed by atoms with Crippen LogP contribution in [-0.4, -0.2) is 61.8 Å². The average Bonchev–Trinajstić information content (AvgIpc) is 2.99. The number of piperidine rings is 1. The molecular formula is C24H31N5O3S. The third-order valence-electron chi connectivity index (χ3n) is 6.54. The zero-order chi connectivity index (χ0) is 23.8. The molecule has 1 fully saturated rings. The summed E-state index contributed by atoms with van der Waals surface area (Å²) >= 11 is 0. The Morgan fingerprint density at radius 2 is 1.94 bits per heavy atom. The molecule has 4 rings (SSSR count). The molecule has 3 heterocycles. The number of sulfonamides is 1. The van der Waals surface area contributed by atoms with Gasteiger partial charge in [0.05, 0.1) is 35.1 Å². The van der Waals surface area contributed by atoms with E-state index in [1.807, 2.05) is 38.1 Å². The number of aliphatic imine (C=N–C) groups is 1. The van der Waals surface area contributed by atoms with Crippen LogP contribution in [0.3, 0.4) is 0 Å². The second-order valence-corrected chi connectivity index (χ2v) is 11.3. The molecule has 9 heteroatoms. The minimum absolute atomic E-state index is 0.0491. The number of nitrogens with zero attached hydrogens (tertiary/aromatic N) is 4. The summed E-state index contributed by atoms with van der Waals surface area (Å²) in [5, 5.41) is 3.48. The van der Waals surface area contributed by atoms with E-state index in [4.69, 9.17) is 0 Å². The molecule has 1 saturated heterocycles. The third-order valence-corrected chi connectivity index (χ3v) is 8.42. The number of carbonyl (C=O) groups is 1. The number of amides is 1. The minimum Gasteiger partial charge on any atom is -0.381 e. The maximum Gasteiger partial charge on any atom is 0.259 e. The van der Waals surface area contributed by atoms with Crippen LogP contribution in [0.4, 0.5) is 11.4 Å². The molecule has 0 atom stereocenters. The summed E-state index contributed by atoms with van der Waals surface area (Å²) in [6, 6.07) is 7.89. The summed E-state index contributed by atoms with van der Waals surface area (Å²) in [5.41, 5.74) is 3.63. The highest BCUT2D eigenvalue weighted by Crippen LogP contribution is 2.42. The maximum atomic E-state index is 13.3. The monoisotopic (exact) mass is 469 g/mol. The number of nitrogens with one attached hydrogen (secondary N) is 1. The number of carbonyl (C=O) groups excluding carboxylic acids is 1. The largest absolute Gasteiger partial charge is 0.381 e. The highest BCUT2D eigenvalue weighted by Gasteiger charge is 2.44. The van der Waals surface area contributed by atoms with Gasteiger partial charge in [0.25, 0.3) is 5.91 Å². The minimum atomic E-state index is -3.15. The Labute approximate surface area is 195 Å². The first-order valence-electron chi connectivity index (χ1n) is 11.3. The van der Waals surface area contributed by atoms with Crippen LogP contribution in [0, 0.1) is 0 Å². The lowest BCUT2D eigenvalue weighted by atomic mass is 9.92. The smallest absolute Gasteiger partial charge is 0.259 e. The number of rotatable bonds is 6. The van der Waals surface area contributed by atoms with Gasteiger partial charge in [-0.1, -0.05) is 6.07 Å². The maximum absolute atomic E-state index is 13.3. The van der Waals surface area contributed by atoms with Crippen LogP contribution in [0.1, 0.15) is 55.1 Å². The van der Waals surface area contributed by atoms with Gasteiger partial charge in [-0.15, -0.1) is 0 Å². The molecule has 0 radical (unpaired) electrons. The SMILES string of the molecule is CCS(=O)(=O)N1CCC(Nc2cncc(N3C(=O)c4ccc(C=NC)cc4C3(C)C)c2)CC1. The fourth-order valence-corrected chi connectivity index (χ4v) is 5.88. The van der Waals surface area contributed by atoms with Crippen molar-refractivity contribution < 1.29 is 13.2 Å². The molecule has 1 amide bonds. The Bertz CT molecular complexity index is 1180. The number of anilines is 2. The number of pyridine rings is 1. The summed E-state index contributed by atoms with van der Waals surface area (Å²) in [7, 11) is -1.42. The van der Waals surface area contributed by atoms with Crippen molar-refractivity contribution in [3.05, 3.63) is 53.3 Å². The highest BCUT2D eigenvalue weighted by atomic mass is 32.2. The molecule has 1 aromatic carbocycles. The van der Waals surface area contributed by atoms with Crippen LogP contribution in [0.2, 0.25) is 0 Å². The molecule has 176 valence electrons. The number of benzene rings is 1. The highest BCUT2D eigenvalue weighted by molar-refractivity contribution is 7.89. The second-order valence-electron chi connectivity index (χ2n) is 9.04.